The largest absolute Gasteiger partial charge is 0.455 e. The van der Waals surface area contributed by atoms with E-state index in [4.69, 9.17) is 9.26 Å². The van der Waals surface area contributed by atoms with Crippen LogP contribution in [0.2, 0.25) is 0 Å². The number of aryl methyl sites for hydroxylation is 1. The number of nitrogens with zero attached hydrogens (tertiary/aromatic N) is 2. The molecule has 0 bridgehead atoms. The van der Waals surface area contributed by atoms with Gasteiger partial charge in [0.05, 0.1) is 12.2 Å². The van der Waals surface area contributed by atoms with Gasteiger partial charge in [-0.25, -0.2) is 4.39 Å². The first kappa shape index (κ1) is 15.0. The third-order valence-corrected chi connectivity index (χ3v) is 3.17. The minimum atomic E-state index is -0.342. The van der Waals surface area contributed by atoms with Gasteiger partial charge in [-0.3, -0.25) is 0 Å². The van der Waals surface area contributed by atoms with Crippen molar-refractivity contribution in [2.45, 2.75) is 19.9 Å². The molecule has 0 radical (unpaired) electrons. The van der Waals surface area contributed by atoms with Gasteiger partial charge in [-0.1, -0.05) is 30.3 Å². The van der Waals surface area contributed by atoms with Gasteiger partial charge in [-0.05, 0) is 24.3 Å². The number of para-hydroxylation sites is 2. The van der Waals surface area contributed by atoms with Crippen molar-refractivity contribution in [1.82, 2.24) is 10.1 Å². The summed E-state index contributed by atoms with van der Waals surface area (Å²) >= 11 is 0. The molecular weight excluding hydrogens is 297 g/mol. The summed E-state index contributed by atoms with van der Waals surface area (Å²) in [5.74, 6) is 1.86. The first-order chi connectivity index (χ1) is 11.2. The number of ether oxygens (including phenoxy) is 1. The number of hydrogen-bond acceptors (Lipinski definition) is 5. The molecule has 0 saturated heterocycles. The zero-order chi connectivity index (χ0) is 16.1. The molecule has 6 heteroatoms. The lowest BCUT2D eigenvalue weighted by molar-refractivity contribution is 0.378. The van der Waals surface area contributed by atoms with Gasteiger partial charge in [0.1, 0.15) is 11.6 Å². The molecule has 0 spiro atoms. The van der Waals surface area contributed by atoms with E-state index >= 15 is 0 Å². The van der Waals surface area contributed by atoms with Crippen LogP contribution in [0.3, 0.4) is 0 Å². The number of aromatic nitrogens is 2. The Hall–Kier alpha value is -2.89. The van der Waals surface area contributed by atoms with Gasteiger partial charge in [0.2, 0.25) is 5.89 Å². The maximum absolute atomic E-state index is 13.3. The molecule has 118 valence electrons. The van der Waals surface area contributed by atoms with Crippen LogP contribution in [0, 0.1) is 5.82 Å². The highest BCUT2D eigenvalue weighted by molar-refractivity contribution is 5.57. The summed E-state index contributed by atoms with van der Waals surface area (Å²) < 4.78 is 24.1. The predicted molar refractivity (Wildman–Crippen MR) is 83.9 cm³/mol. The number of anilines is 1. The maximum Gasteiger partial charge on any atom is 0.245 e. The molecule has 2 aromatic carbocycles. The minimum Gasteiger partial charge on any atom is -0.455 e. The second-order valence-corrected chi connectivity index (χ2v) is 4.87. The molecule has 5 nitrogen and oxygen atoms in total. The molecule has 0 atom stereocenters. The molecule has 0 aliphatic heterocycles. The summed E-state index contributed by atoms with van der Waals surface area (Å²) in [5, 5.41) is 7.03. The van der Waals surface area contributed by atoms with Gasteiger partial charge >= 0.3 is 0 Å². The average molecular weight is 313 g/mol. The van der Waals surface area contributed by atoms with E-state index in [1.165, 1.54) is 12.1 Å². The van der Waals surface area contributed by atoms with Crippen LogP contribution in [0.1, 0.15) is 18.6 Å². The van der Waals surface area contributed by atoms with Gasteiger partial charge in [-0.2, -0.15) is 4.98 Å². The first-order valence-corrected chi connectivity index (χ1v) is 7.32. The van der Waals surface area contributed by atoms with Crippen molar-refractivity contribution in [2.75, 3.05) is 5.32 Å². The van der Waals surface area contributed by atoms with E-state index in [2.05, 4.69) is 15.5 Å². The number of halogens is 1. The summed E-state index contributed by atoms with van der Waals surface area (Å²) in [6.07, 6.45) is 0.725. The molecule has 1 aromatic heterocycles. The second-order valence-electron chi connectivity index (χ2n) is 4.87. The van der Waals surface area contributed by atoms with Crippen molar-refractivity contribution in [3.05, 3.63) is 66.1 Å². The van der Waals surface area contributed by atoms with Gasteiger partial charge < -0.3 is 14.6 Å². The number of rotatable bonds is 6. The zero-order valence-corrected chi connectivity index (χ0v) is 12.6. The Kier molecular flexibility index (Phi) is 4.52. The number of benzene rings is 2. The van der Waals surface area contributed by atoms with E-state index in [-0.39, 0.29) is 5.82 Å². The minimum absolute atomic E-state index is 0.342. The van der Waals surface area contributed by atoms with Crippen molar-refractivity contribution in [2.24, 2.45) is 0 Å². The van der Waals surface area contributed by atoms with Crippen molar-refractivity contribution < 1.29 is 13.7 Å². The Morgan fingerprint density at radius 2 is 2.04 bits per heavy atom. The lowest BCUT2D eigenvalue weighted by Crippen LogP contribution is -2.01. The lowest BCUT2D eigenvalue weighted by Gasteiger charge is -2.11. The normalized spacial score (nSPS) is 10.5. The highest BCUT2D eigenvalue weighted by Crippen LogP contribution is 2.29. The van der Waals surface area contributed by atoms with E-state index in [0.717, 1.165) is 12.1 Å². The SMILES string of the molecule is CCc1noc(CNc2ccccc2Oc2cccc(F)c2)n1. The molecule has 0 aliphatic rings. The topological polar surface area (TPSA) is 60.2 Å². The first-order valence-electron chi connectivity index (χ1n) is 7.32. The number of hydrogen-bond donors (Lipinski definition) is 1. The molecule has 3 aromatic rings. The smallest absolute Gasteiger partial charge is 0.245 e. The van der Waals surface area contributed by atoms with Crippen molar-refractivity contribution in [3.8, 4) is 11.5 Å². The molecule has 0 unspecified atom stereocenters. The van der Waals surface area contributed by atoms with Crippen LogP contribution in [0.5, 0.6) is 11.5 Å². The van der Waals surface area contributed by atoms with Crippen molar-refractivity contribution in [1.29, 1.82) is 0 Å². The average Bonchev–Trinajstić information content (AvgIpc) is 3.02. The third-order valence-electron chi connectivity index (χ3n) is 3.17. The Balaban J connectivity index is 1.72. The fourth-order valence-electron chi connectivity index (χ4n) is 2.04. The fraction of sp³-hybridized carbons (Fsp3) is 0.176. The van der Waals surface area contributed by atoms with Crippen molar-refractivity contribution >= 4 is 5.69 Å². The highest BCUT2D eigenvalue weighted by Gasteiger charge is 2.08. The van der Waals surface area contributed by atoms with Crippen LogP contribution in [-0.2, 0) is 13.0 Å². The van der Waals surface area contributed by atoms with Crippen LogP contribution >= 0.6 is 0 Å². The van der Waals surface area contributed by atoms with Crippen LogP contribution in [0.15, 0.2) is 53.1 Å². The molecule has 3 rings (SSSR count). The molecule has 1 heterocycles. The third kappa shape index (κ3) is 3.85. The molecule has 0 aliphatic carbocycles. The van der Waals surface area contributed by atoms with Gasteiger partial charge in [0, 0.05) is 12.5 Å². The molecule has 23 heavy (non-hydrogen) atoms. The lowest BCUT2D eigenvalue weighted by atomic mass is 10.3. The molecular formula is C17H16FN3O2. The Bertz CT molecular complexity index is 789. The van der Waals surface area contributed by atoms with Crippen LogP contribution in [-0.4, -0.2) is 10.1 Å². The monoisotopic (exact) mass is 313 g/mol. The van der Waals surface area contributed by atoms with Gasteiger partial charge in [-0.15, -0.1) is 0 Å². The van der Waals surface area contributed by atoms with Crippen LogP contribution < -0.4 is 10.1 Å². The molecule has 0 saturated carbocycles. The van der Waals surface area contributed by atoms with Crippen molar-refractivity contribution in [3.63, 3.8) is 0 Å². The highest BCUT2D eigenvalue weighted by atomic mass is 19.1. The molecule has 0 amide bonds. The van der Waals surface area contributed by atoms with E-state index in [1.54, 1.807) is 18.2 Å². The second kappa shape index (κ2) is 6.91. The molecule has 0 fully saturated rings. The summed E-state index contributed by atoms with van der Waals surface area (Å²) in [6.45, 7) is 2.35. The fourth-order valence-corrected chi connectivity index (χ4v) is 2.04. The van der Waals surface area contributed by atoms with Gasteiger partial charge in [0.15, 0.2) is 11.6 Å². The Labute approximate surface area is 133 Å². The summed E-state index contributed by atoms with van der Waals surface area (Å²) in [5.41, 5.74) is 0.757. The summed E-state index contributed by atoms with van der Waals surface area (Å²) in [7, 11) is 0. The number of nitrogens with one attached hydrogen (secondary N) is 1. The standard InChI is InChI=1S/C17H16FN3O2/c1-2-16-20-17(23-21-16)11-19-14-8-3-4-9-15(14)22-13-7-5-6-12(18)10-13/h3-10,19H,2,11H2,1H3. The van der Waals surface area contributed by atoms with E-state index in [9.17, 15) is 4.39 Å². The van der Waals surface area contributed by atoms with E-state index in [0.29, 0.717) is 29.8 Å². The zero-order valence-electron chi connectivity index (χ0n) is 12.6. The van der Waals surface area contributed by atoms with Crippen LogP contribution in [0.4, 0.5) is 10.1 Å². The van der Waals surface area contributed by atoms with Gasteiger partial charge in [0.25, 0.3) is 0 Å². The quantitative estimate of drug-likeness (QED) is 0.740. The Morgan fingerprint density at radius 1 is 1.17 bits per heavy atom. The summed E-state index contributed by atoms with van der Waals surface area (Å²) in [4.78, 5) is 4.24. The maximum atomic E-state index is 13.3. The summed E-state index contributed by atoms with van der Waals surface area (Å²) in [6, 6.07) is 13.4. The Morgan fingerprint density at radius 3 is 2.83 bits per heavy atom. The van der Waals surface area contributed by atoms with Crippen LogP contribution in [0.25, 0.3) is 0 Å². The predicted octanol–water partition coefficient (Wildman–Crippen LogP) is 4.18. The van der Waals surface area contributed by atoms with E-state index < -0.39 is 0 Å². The van der Waals surface area contributed by atoms with E-state index in [1.807, 2.05) is 25.1 Å². The molecule has 1 N–H and O–H groups in total.